The number of pyridine rings is 2. The summed E-state index contributed by atoms with van der Waals surface area (Å²) < 4.78 is 0. The molecule has 0 unspecified atom stereocenters. The van der Waals surface area contributed by atoms with Crippen LogP contribution < -0.4 is 0 Å². The van der Waals surface area contributed by atoms with E-state index in [2.05, 4.69) is 9.97 Å². The minimum Gasteiger partial charge on any atom is -0.506 e. The van der Waals surface area contributed by atoms with Crippen molar-refractivity contribution in [1.29, 1.82) is 0 Å². The van der Waals surface area contributed by atoms with Crippen LogP contribution in [0.2, 0.25) is 30.1 Å². The van der Waals surface area contributed by atoms with Gasteiger partial charge in [-0.3, -0.25) is 9.97 Å². The first-order valence-corrected chi connectivity index (χ1v) is 14.0. The summed E-state index contributed by atoms with van der Waals surface area (Å²) in [6, 6.07) is 23.6. The number of aromatic hydroxyl groups is 4. The molecular formula is C30H20Cl6N2O4. The molecule has 0 saturated carbocycles. The molecule has 0 aliphatic heterocycles. The molecule has 2 heterocycles. The molecule has 0 aliphatic carbocycles. The second-order valence-corrected chi connectivity index (χ2v) is 10.6. The van der Waals surface area contributed by atoms with E-state index in [1.807, 2.05) is 36.4 Å². The molecule has 4 N–H and O–H groups in total. The lowest BCUT2D eigenvalue weighted by Gasteiger charge is -1.97. The third-order valence-corrected chi connectivity index (χ3v) is 7.25. The predicted octanol–water partition coefficient (Wildman–Crippen LogP) is 10.6. The van der Waals surface area contributed by atoms with Gasteiger partial charge >= 0.3 is 0 Å². The van der Waals surface area contributed by atoms with Crippen LogP contribution >= 0.6 is 69.6 Å². The summed E-state index contributed by atoms with van der Waals surface area (Å²) in [5.41, 5.74) is 1.32. The summed E-state index contributed by atoms with van der Waals surface area (Å²) in [4.78, 5) is 8.06. The largest absolute Gasteiger partial charge is 0.506 e. The number of nitrogens with zero attached hydrogens (tertiary/aromatic N) is 2. The van der Waals surface area contributed by atoms with Crippen molar-refractivity contribution >= 4 is 91.4 Å². The van der Waals surface area contributed by atoms with Crippen molar-refractivity contribution in [3.63, 3.8) is 0 Å². The number of hydrogen-bond acceptors (Lipinski definition) is 6. The molecule has 6 nitrogen and oxygen atoms in total. The highest BCUT2D eigenvalue weighted by Crippen LogP contribution is 2.33. The molecule has 0 radical (unpaired) electrons. The predicted molar refractivity (Wildman–Crippen MR) is 173 cm³/mol. The molecule has 12 heteroatoms. The average Bonchev–Trinajstić information content (AvgIpc) is 2.97. The number of halogens is 6. The van der Waals surface area contributed by atoms with Gasteiger partial charge in [0.2, 0.25) is 0 Å². The zero-order valence-electron chi connectivity index (χ0n) is 21.2. The SMILES string of the molecule is Oc1cc(Cl)c(Cl)cc1Cl.Oc1cc(Cl)c(Cl)cc1Cl.Oc1cccc2cccnc12.Oc1cccc2cccnc12. The van der Waals surface area contributed by atoms with E-state index >= 15 is 0 Å². The Morgan fingerprint density at radius 3 is 1.05 bits per heavy atom. The van der Waals surface area contributed by atoms with Crippen LogP contribution in [0.15, 0.2) is 97.3 Å². The lowest BCUT2D eigenvalue weighted by atomic mass is 10.2. The molecule has 6 rings (SSSR count). The van der Waals surface area contributed by atoms with Crippen molar-refractivity contribution in [2.24, 2.45) is 0 Å². The van der Waals surface area contributed by atoms with Gasteiger partial charge in [-0.05, 0) is 36.4 Å². The number of aromatic nitrogens is 2. The monoisotopic (exact) mass is 682 g/mol. The van der Waals surface area contributed by atoms with Gasteiger partial charge in [0.15, 0.2) is 0 Å². The Balaban J connectivity index is 0.000000154. The number of rotatable bonds is 0. The molecule has 6 aromatic rings. The van der Waals surface area contributed by atoms with Gasteiger partial charge in [-0.2, -0.15) is 0 Å². The Bertz CT molecular complexity index is 1580. The molecule has 2 aromatic heterocycles. The summed E-state index contributed by atoms with van der Waals surface area (Å²) >= 11 is 33.2. The van der Waals surface area contributed by atoms with Crippen LogP contribution in [0.5, 0.6) is 23.0 Å². The Labute approximate surface area is 270 Å². The first kappa shape index (κ1) is 33.1. The minimum atomic E-state index is -0.0592. The summed E-state index contributed by atoms with van der Waals surface area (Å²) in [6.07, 6.45) is 3.34. The second-order valence-electron chi connectivity index (χ2n) is 8.14. The van der Waals surface area contributed by atoms with Crippen LogP contribution in [-0.4, -0.2) is 30.4 Å². The molecule has 0 atom stereocenters. The van der Waals surface area contributed by atoms with E-state index in [9.17, 15) is 10.2 Å². The Hall–Kier alpha value is -3.36. The first-order valence-electron chi connectivity index (χ1n) is 11.7. The molecule has 216 valence electrons. The Kier molecular flexibility index (Phi) is 12.4. The van der Waals surface area contributed by atoms with E-state index in [4.69, 9.17) is 79.8 Å². The van der Waals surface area contributed by atoms with Crippen molar-refractivity contribution in [3.8, 4) is 23.0 Å². The van der Waals surface area contributed by atoms with Gasteiger partial charge in [0.05, 0.1) is 30.1 Å². The van der Waals surface area contributed by atoms with Crippen molar-refractivity contribution in [3.05, 3.63) is 127 Å². The van der Waals surface area contributed by atoms with E-state index < -0.39 is 0 Å². The molecule has 0 saturated heterocycles. The van der Waals surface area contributed by atoms with E-state index in [1.165, 1.54) is 24.3 Å². The average molecular weight is 685 g/mol. The Morgan fingerprint density at radius 2 is 0.714 bits per heavy atom. The third-order valence-electron chi connectivity index (χ3n) is 5.20. The number of phenols is 4. The maximum Gasteiger partial charge on any atom is 0.141 e. The number of hydrogen-bond donors (Lipinski definition) is 4. The molecule has 0 bridgehead atoms. The van der Waals surface area contributed by atoms with E-state index in [0.29, 0.717) is 31.1 Å². The van der Waals surface area contributed by atoms with E-state index in [0.717, 1.165) is 10.8 Å². The van der Waals surface area contributed by atoms with Crippen molar-refractivity contribution in [2.75, 3.05) is 0 Å². The van der Waals surface area contributed by atoms with Crippen LogP contribution in [0.4, 0.5) is 0 Å². The lowest BCUT2D eigenvalue weighted by molar-refractivity contribution is 0.475. The highest BCUT2D eigenvalue weighted by Gasteiger charge is 2.04. The van der Waals surface area contributed by atoms with Crippen LogP contribution in [0, 0.1) is 0 Å². The van der Waals surface area contributed by atoms with Gasteiger partial charge in [0.25, 0.3) is 0 Å². The fraction of sp³-hybridized carbons (Fsp3) is 0. The molecule has 4 aromatic carbocycles. The topological polar surface area (TPSA) is 107 Å². The summed E-state index contributed by atoms with van der Waals surface area (Å²) in [7, 11) is 0. The maximum absolute atomic E-state index is 9.31. The molecule has 0 aliphatic rings. The van der Waals surface area contributed by atoms with Crippen LogP contribution in [0.3, 0.4) is 0 Å². The quantitative estimate of drug-likeness (QED) is 0.119. The van der Waals surface area contributed by atoms with Crippen LogP contribution in [-0.2, 0) is 0 Å². The number of para-hydroxylation sites is 2. The number of phenolic OH excluding ortho intramolecular Hbond substituents is 4. The van der Waals surface area contributed by atoms with Crippen molar-refractivity contribution in [2.45, 2.75) is 0 Å². The van der Waals surface area contributed by atoms with Gasteiger partial charge in [-0.25, -0.2) is 0 Å². The van der Waals surface area contributed by atoms with Crippen molar-refractivity contribution < 1.29 is 20.4 Å². The highest BCUT2D eigenvalue weighted by atomic mass is 35.5. The summed E-state index contributed by atoms with van der Waals surface area (Å²) in [5.74, 6) is 0.360. The van der Waals surface area contributed by atoms with Crippen LogP contribution in [0.25, 0.3) is 21.8 Å². The normalized spacial score (nSPS) is 10.0. The van der Waals surface area contributed by atoms with Gasteiger partial charge in [-0.1, -0.05) is 106 Å². The molecule has 0 fully saturated rings. The maximum atomic E-state index is 9.31. The zero-order chi connectivity index (χ0) is 30.8. The number of benzene rings is 4. The smallest absolute Gasteiger partial charge is 0.141 e. The molecular weight excluding hydrogens is 665 g/mol. The van der Waals surface area contributed by atoms with Crippen molar-refractivity contribution in [1.82, 2.24) is 9.97 Å². The second kappa shape index (κ2) is 15.8. The van der Waals surface area contributed by atoms with Crippen LogP contribution in [0.1, 0.15) is 0 Å². The van der Waals surface area contributed by atoms with E-state index in [-0.39, 0.29) is 33.0 Å². The van der Waals surface area contributed by atoms with Gasteiger partial charge in [-0.15, -0.1) is 0 Å². The lowest BCUT2D eigenvalue weighted by Crippen LogP contribution is -1.76. The standard InChI is InChI=1S/2C9H7NO.2C6H3Cl3O/c2*11-8-5-1-3-7-4-2-6-10-9(7)8;2*7-3-1-5(9)6(10)2-4(3)8/h2*1-6,11H;2*1-2,10H. The molecule has 0 amide bonds. The summed E-state index contributed by atoms with van der Waals surface area (Å²) in [5, 5.41) is 40.1. The van der Waals surface area contributed by atoms with Gasteiger partial charge in [0, 0.05) is 35.3 Å². The number of fused-ring (bicyclic) bond motifs is 2. The minimum absolute atomic E-state index is 0.0592. The van der Waals surface area contributed by atoms with Gasteiger partial charge < -0.3 is 20.4 Å². The van der Waals surface area contributed by atoms with E-state index in [1.54, 1.807) is 36.7 Å². The third kappa shape index (κ3) is 9.33. The fourth-order valence-corrected chi connectivity index (χ4v) is 4.28. The molecule has 0 spiro atoms. The first-order chi connectivity index (χ1) is 20.0. The van der Waals surface area contributed by atoms with Gasteiger partial charge in [0.1, 0.15) is 34.0 Å². The fourth-order valence-electron chi connectivity index (χ4n) is 3.20. The molecule has 42 heavy (non-hydrogen) atoms. The zero-order valence-corrected chi connectivity index (χ0v) is 25.7. The summed E-state index contributed by atoms with van der Waals surface area (Å²) in [6.45, 7) is 0. The Morgan fingerprint density at radius 1 is 0.381 bits per heavy atom. The highest BCUT2D eigenvalue weighted by molar-refractivity contribution is 6.44.